The second-order valence-corrected chi connectivity index (χ2v) is 5.88. The molecule has 0 saturated heterocycles. The highest BCUT2D eigenvalue weighted by molar-refractivity contribution is 8.01. The highest BCUT2D eigenvalue weighted by atomic mass is 35.5. The van der Waals surface area contributed by atoms with Crippen LogP contribution in [0.5, 0.6) is 0 Å². The van der Waals surface area contributed by atoms with Gasteiger partial charge in [-0.15, -0.1) is 10.2 Å². The third-order valence-electron chi connectivity index (χ3n) is 2.07. The molecule has 0 aliphatic carbocycles. The van der Waals surface area contributed by atoms with Crippen molar-refractivity contribution in [2.24, 2.45) is 0 Å². The maximum atomic E-state index is 11.3. The van der Waals surface area contributed by atoms with Gasteiger partial charge < -0.3 is 5.32 Å². The topological polar surface area (TPSA) is 54.9 Å². The molecule has 1 aromatic heterocycles. The number of nitrogens with zero attached hydrogens (tertiary/aromatic N) is 2. The van der Waals surface area contributed by atoms with Gasteiger partial charge in [-0.2, -0.15) is 0 Å². The van der Waals surface area contributed by atoms with Crippen molar-refractivity contribution in [1.82, 2.24) is 10.2 Å². The zero-order valence-electron chi connectivity index (χ0n) is 9.51. The molecular weight excluding hydrogens is 290 g/mol. The maximum absolute atomic E-state index is 11.3. The molecular formula is C11H10ClN3OS2. The Bertz CT molecular complexity index is 545. The SMILES string of the molecule is CCC(=O)Nc1ccc(Sc2nncs2)c(Cl)c1. The first kappa shape index (κ1) is 13.3. The van der Waals surface area contributed by atoms with Crippen molar-refractivity contribution in [2.75, 3.05) is 5.32 Å². The van der Waals surface area contributed by atoms with Gasteiger partial charge in [-0.3, -0.25) is 4.79 Å². The summed E-state index contributed by atoms with van der Waals surface area (Å²) < 4.78 is 0.835. The Kier molecular flexibility index (Phi) is 4.57. The van der Waals surface area contributed by atoms with Gasteiger partial charge in [0, 0.05) is 17.0 Å². The molecule has 0 spiro atoms. The molecule has 1 aromatic carbocycles. The molecule has 0 aliphatic heterocycles. The van der Waals surface area contributed by atoms with Crippen LogP contribution in [0.15, 0.2) is 32.9 Å². The molecule has 0 atom stereocenters. The Morgan fingerprint density at radius 1 is 1.56 bits per heavy atom. The summed E-state index contributed by atoms with van der Waals surface area (Å²) in [5.74, 6) is -0.0319. The molecule has 0 unspecified atom stereocenters. The number of anilines is 1. The first-order valence-corrected chi connectivity index (χ1v) is 7.30. The van der Waals surface area contributed by atoms with Crippen LogP contribution in [0.2, 0.25) is 5.02 Å². The number of aromatic nitrogens is 2. The first-order valence-electron chi connectivity index (χ1n) is 5.22. The lowest BCUT2D eigenvalue weighted by Gasteiger charge is -2.06. The van der Waals surface area contributed by atoms with Crippen molar-refractivity contribution < 1.29 is 4.79 Å². The van der Waals surface area contributed by atoms with Crippen LogP contribution in [0.1, 0.15) is 13.3 Å². The number of carbonyl (C=O) groups excluding carboxylic acids is 1. The van der Waals surface area contributed by atoms with E-state index in [-0.39, 0.29) is 5.91 Å². The lowest BCUT2D eigenvalue weighted by Crippen LogP contribution is -2.09. The van der Waals surface area contributed by atoms with Gasteiger partial charge in [0.05, 0.1) is 5.02 Å². The molecule has 7 heteroatoms. The zero-order chi connectivity index (χ0) is 13.0. The van der Waals surface area contributed by atoms with Crippen LogP contribution in [-0.4, -0.2) is 16.1 Å². The second kappa shape index (κ2) is 6.17. The van der Waals surface area contributed by atoms with Gasteiger partial charge in [-0.1, -0.05) is 41.6 Å². The molecule has 4 nitrogen and oxygen atoms in total. The molecule has 0 fully saturated rings. The second-order valence-electron chi connectivity index (χ2n) is 3.35. The van der Waals surface area contributed by atoms with E-state index in [0.29, 0.717) is 17.1 Å². The van der Waals surface area contributed by atoms with Crippen LogP contribution in [0.4, 0.5) is 5.69 Å². The van der Waals surface area contributed by atoms with Gasteiger partial charge in [-0.05, 0) is 18.2 Å². The normalized spacial score (nSPS) is 10.3. The summed E-state index contributed by atoms with van der Waals surface area (Å²) in [7, 11) is 0. The minimum atomic E-state index is -0.0319. The maximum Gasteiger partial charge on any atom is 0.224 e. The summed E-state index contributed by atoms with van der Waals surface area (Å²) in [6.45, 7) is 1.80. The Hall–Kier alpha value is -1.11. The highest BCUT2D eigenvalue weighted by Gasteiger charge is 2.07. The van der Waals surface area contributed by atoms with E-state index in [0.717, 1.165) is 9.24 Å². The Morgan fingerprint density at radius 3 is 3.00 bits per heavy atom. The fraction of sp³-hybridized carbons (Fsp3) is 0.182. The number of benzene rings is 1. The number of carbonyl (C=O) groups is 1. The van der Waals surface area contributed by atoms with Crippen molar-refractivity contribution in [3.8, 4) is 0 Å². The summed E-state index contributed by atoms with van der Waals surface area (Å²) in [6, 6.07) is 5.42. The summed E-state index contributed by atoms with van der Waals surface area (Å²) >= 11 is 9.07. The molecule has 0 bridgehead atoms. The van der Waals surface area contributed by atoms with Crippen LogP contribution in [0, 0.1) is 0 Å². The smallest absolute Gasteiger partial charge is 0.224 e. The minimum absolute atomic E-state index is 0.0319. The standard InChI is InChI=1S/C11H10ClN3OS2/c1-2-10(16)14-7-3-4-9(8(12)5-7)18-11-15-13-6-17-11/h3-6H,2H2,1H3,(H,14,16). The number of halogens is 1. The summed E-state index contributed by atoms with van der Waals surface area (Å²) in [5.41, 5.74) is 2.37. The van der Waals surface area contributed by atoms with E-state index in [1.54, 1.807) is 18.5 Å². The average molecular weight is 300 g/mol. The van der Waals surface area contributed by atoms with E-state index >= 15 is 0 Å². The van der Waals surface area contributed by atoms with E-state index in [9.17, 15) is 4.79 Å². The number of rotatable bonds is 4. The molecule has 94 valence electrons. The van der Waals surface area contributed by atoms with E-state index < -0.39 is 0 Å². The molecule has 2 aromatic rings. The lowest BCUT2D eigenvalue weighted by atomic mass is 10.3. The number of amides is 1. The molecule has 1 N–H and O–H groups in total. The number of nitrogens with one attached hydrogen (secondary N) is 1. The fourth-order valence-electron chi connectivity index (χ4n) is 1.21. The van der Waals surface area contributed by atoms with Crippen LogP contribution < -0.4 is 5.32 Å². The van der Waals surface area contributed by atoms with Crippen molar-refractivity contribution in [2.45, 2.75) is 22.6 Å². The van der Waals surface area contributed by atoms with E-state index in [4.69, 9.17) is 11.6 Å². The Morgan fingerprint density at radius 2 is 2.39 bits per heavy atom. The van der Waals surface area contributed by atoms with Gasteiger partial charge in [0.1, 0.15) is 5.51 Å². The van der Waals surface area contributed by atoms with E-state index in [2.05, 4.69) is 15.5 Å². The molecule has 18 heavy (non-hydrogen) atoms. The molecule has 0 radical (unpaired) electrons. The predicted octanol–water partition coefficient (Wildman–Crippen LogP) is 3.69. The molecule has 1 amide bonds. The van der Waals surface area contributed by atoms with Crippen LogP contribution >= 0.6 is 34.7 Å². The summed E-state index contributed by atoms with van der Waals surface area (Å²) in [4.78, 5) is 12.1. The number of hydrogen-bond acceptors (Lipinski definition) is 5. The monoisotopic (exact) mass is 299 g/mol. The van der Waals surface area contributed by atoms with Crippen LogP contribution in [-0.2, 0) is 4.79 Å². The largest absolute Gasteiger partial charge is 0.326 e. The lowest BCUT2D eigenvalue weighted by molar-refractivity contribution is -0.115. The fourth-order valence-corrected chi connectivity index (χ4v) is 2.95. The first-order chi connectivity index (χ1) is 8.69. The molecule has 2 rings (SSSR count). The zero-order valence-corrected chi connectivity index (χ0v) is 11.9. The molecule has 1 heterocycles. The Balaban J connectivity index is 2.12. The van der Waals surface area contributed by atoms with Gasteiger partial charge in [0.15, 0.2) is 4.34 Å². The summed E-state index contributed by atoms with van der Waals surface area (Å²) in [6.07, 6.45) is 0.443. The Labute approximate surface area is 118 Å². The predicted molar refractivity (Wildman–Crippen MR) is 74.4 cm³/mol. The van der Waals surface area contributed by atoms with Gasteiger partial charge in [0.25, 0.3) is 0 Å². The van der Waals surface area contributed by atoms with Crippen molar-refractivity contribution >= 4 is 46.3 Å². The van der Waals surface area contributed by atoms with Crippen molar-refractivity contribution in [3.05, 3.63) is 28.7 Å². The van der Waals surface area contributed by atoms with Crippen LogP contribution in [0.25, 0.3) is 0 Å². The molecule has 0 aliphatic rings. The summed E-state index contributed by atoms with van der Waals surface area (Å²) in [5, 5.41) is 11.1. The van der Waals surface area contributed by atoms with Crippen molar-refractivity contribution in [1.29, 1.82) is 0 Å². The van der Waals surface area contributed by atoms with Crippen molar-refractivity contribution in [3.63, 3.8) is 0 Å². The minimum Gasteiger partial charge on any atom is -0.326 e. The van der Waals surface area contributed by atoms with E-state index in [1.165, 1.54) is 23.1 Å². The quantitative estimate of drug-likeness (QED) is 0.935. The van der Waals surface area contributed by atoms with Crippen LogP contribution in [0.3, 0.4) is 0 Å². The van der Waals surface area contributed by atoms with E-state index in [1.807, 2.05) is 12.1 Å². The third-order valence-corrected chi connectivity index (χ3v) is 4.35. The number of hydrogen-bond donors (Lipinski definition) is 1. The van der Waals surface area contributed by atoms with Gasteiger partial charge in [0.2, 0.25) is 5.91 Å². The average Bonchev–Trinajstić information content (AvgIpc) is 2.85. The third kappa shape index (κ3) is 3.44. The van der Waals surface area contributed by atoms with Gasteiger partial charge in [-0.25, -0.2) is 0 Å². The molecule has 0 saturated carbocycles. The highest BCUT2D eigenvalue weighted by Crippen LogP contribution is 2.35. The van der Waals surface area contributed by atoms with Gasteiger partial charge >= 0.3 is 0 Å².